The van der Waals surface area contributed by atoms with Crippen molar-refractivity contribution in [3.05, 3.63) is 65.4 Å². The summed E-state index contributed by atoms with van der Waals surface area (Å²) in [5.74, 6) is 0. The van der Waals surface area contributed by atoms with E-state index >= 15 is 0 Å². The van der Waals surface area contributed by atoms with Crippen LogP contribution in [-0.4, -0.2) is 41.2 Å². The highest BCUT2D eigenvalue weighted by Gasteiger charge is 2.15. The molecule has 0 saturated carbocycles. The maximum Gasteiger partial charge on any atom is 0.173 e. The third kappa shape index (κ3) is 5.41. The van der Waals surface area contributed by atoms with E-state index in [0.717, 1.165) is 30.3 Å². The topological polar surface area (TPSA) is 35.5 Å². The minimum absolute atomic E-state index is 0.795. The lowest BCUT2D eigenvalue weighted by molar-refractivity contribution is -0.896. The summed E-state index contributed by atoms with van der Waals surface area (Å²) in [7, 11) is 0. The Morgan fingerprint density at radius 2 is 1.83 bits per heavy atom. The number of aromatic nitrogens is 1. The van der Waals surface area contributed by atoms with Crippen molar-refractivity contribution in [2.24, 2.45) is 0 Å². The van der Waals surface area contributed by atoms with E-state index in [9.17, 15) is 0 Å². The zero-order valence-corrected chi connectivity index (χ0v) is 19.5. The fourth-order valence-electron chi connectivity index (χ4n) is 3.92. The molecule has 0 aliphatic rings. The molecule has 4 nitrogen and oxygen atoms in total. The van der Waals surface area contributed by atoms with Gasteiger partial charge in [0.25, 0.3) is 0 Å². The monoisotopic (exact) mass is 423 g/mol. The lowest BCUT2D eigenvalue weighted by Crippen LogP contribution is -3.11. The molecule has 0 atom stereocenters. The van der Waals surface area contributed by atoms with Gasteiger partial charge in [-0.25, -0.2) is 0 Å². The largest absolute Gasteiger partial charge is 0.361 e. The average molecular weight is 424 g/mol. The Morgan fingerprint density at radius 3 is 2.60 bits per heavy atom. The predicted molar refractivity (Wildman–Crippen MR) is 132 cm³/mol. The number of benzene rings is 2. The molecule has 0 aliphatic heterocycles. The van der Waals surface area contributed by atoms with Crippen LogP contribution in [0.25, 0.3) is 10.9 Å². The summed E-state index contributed by atoms with van der Waals surface area (Å²) >= 11 is 5.89. The Hall–Kier alpha value is -2.37. The average Bonchev–Trinajstić information content (AvgIpc) is 3.16. The van der Waals surface area contributed by atoms with Crippen LogP contribution in [0, 0.1) is 13.8 Å². The van der Waals surface area contributed by atoms with Gasteiger partial charge in [-0.1, -0.05) is 30.3 Å². The second kappa shape index (κ2) is 10.6. The van der Waals surface area contributed by atoms with Crippen LogP contribution < -0.4 is 10.2 Å². The number of quaternary nitrogens is 1. The minimum atomic E-state index is 0.795. The van der Waals surface area contributed by atoms with Crippen molar-refractivity contribution in [3.8, 4) is 0 Å². The highest BCUT2D eigenvalue weighted by molar-refractivity contribution is 7.80. The molecule has 0 radical (unpaired) electrons. The molecule has 0 bridgehead atoms. The second-order valence-corrected chi connectivity index (χ2v) is 8.41. The summed E-state index contributed by atoms with van der Waals surface area (Å²) in [6.07, 6.45) is 3.24. The van der Waals surface area contributed by atoms with E-state index in [-0.39, 0.29) is 0 Å². The minimum Gasteiger partial charge on any atom is -0.361 e. The molecule has 3 rings (SSSR count). The van der Waals surface area contributed by atoms with Gasteiger partial charge in [0.1, 0.15) is 0 Å². The molecule has 2 aromatic carbocycles. The molecule has 30 heavy (non-hydrogen) atoms. The summed E-state index contributed by atoms with van der Waals surface area (Å²) in [4.78, 5) is 7.35. The van der Waals surface area contributed by atoms with Gasteiger partial charge >= 0.3 is 0 Å². The van der Waals surface area contributed by atoms with E-state index in [4.69, 9.17) is 12.2 Å². The molecule has 0 unspecified atom stereocenters. The normalized spacial score (nSPS) is 11.2. The first kappa shape index (κ1) is 22.3. The van der Waals surface area contributed by atoms with E-state index in [2.05, 4.69) is 91.6 Å². The van der Waals surface area contributed by atoms with Gasteiger partial charge in [0.05, 0.1) is 19.6 Å². The Kier molecular flexibility index (Phi) is 7.88. The lowest BCUT2D eigenvalue weighted by Gasteiger charge is -2.27. The SMILES string of the molecule is CC[NH+](CC)CCCN(Cc1c[nH]c2ccccc12)C(=S)Nc1cccc(C)c1C. The van der Waals surface area contributed by atoms with Gasteiger partial charge in [-0.05, 0) is 68.7 Å². The summed E-state index contributed by atoms with van der Waals surface area (Å²) in [6.45, 7) is 14.1. The molecule has 5 heteroatoms. The molecule has 0 fully saturated rings. The van der Waals surface area contributed by atoms with Crippen LogP contribution in [0.4, 0.5) is 5.69 Å². The molecule has 1 heterocycles. The zero-order chi connectivity index (χ0) is 21.5. The van der Waals surface area contributed by atoms with Gasteiger partial charge in [-0.2, -0.15) is 0 Å². The lowest BCUT2D eigenvalue weighted by atomic mass is 10.1. The quantitative estimate of drug-likeness (QED) is 0.449. The smallest absolute Gasteiger partial charge is 0.173 e. The number of anilines is 1. The number of nitrogens with zero attached hydrogens (tertiary/aromatic N) is 1. The van der Waals surface area contributed by atoms with Gasteiger partial charge in [0, 0.05) is 42.3 Å². The number of hydrogen-bond donors (Lipinski definition) is 3. The van der Waals surface area contributed by atoms with Crippen molar-refractivity contribution in [2.75, 3.05) is 31.5 Å². The number of nitrogens with one attached hydrogen (secondary N) is 3. The number of aryl methyl sites for hydroxylation is 1. The Bertz CT molecular complexity index is 974. The van der Waals surface area contributed by atoms with Crippen molar-refractivity contribution in [1.29, 1.82) is 0 Å². The third-order valence-corrected chi connectivity index (χ3v) is 6.49. The van der Waals surface area contributed by atoms with Crippen LogP contribution in [0.2, 0.25) is 0 Å². The number of para-hydroxylation sites is 1. The molecule has 0 spiro atoms. The van der Waals surface area contributed by atoms with Crippen LogP contribution in [0.15, 0.2) is 48.7 Å². The van der Waals surface area contributed by atoms with Crippen molar-refractivity contribution >= 4 is 33.9 Å². The van der Waals surface area contributed by atoms with Gasteiger partial charge < -0.3 is 20.1 Å². The number of thiocarbonyl (C=S) groups is 1. The van der Waals surface area contributed by atoms with Crippen LogP contribution in [0.3, 0.4) is 0 Å². The highest BCUT2D eigenvalue weighted by Crippen LogP contribution is 2.22. The van der Waals surface area contributed by atoms with Crippen molar-refractivity contribution in [2.45, 2.75) is 40.7 Å². The fraction of sp³-hybridized carbons (Fsp3) is 0.400. The van der Waals surface area contributed by atoms with Gasteiger partial charge in [0.2, 0.25) is 0 Å². The first-order chi connectivity index (χ1) is 14.5. The Labute approximate surface area is 186 Å². The number of aromatic amines is 1. The maximum atomic E-state index is 5.89. The molecular weight excluding hydrogens is 388 g/mol. The van der Waals surface area contributed by atoms with E-state index in [0.29, 0.717) is 0 Å². The Balaban J connectivity index is 1.77. The summed E-state index contributed by atoms with van der Waals surface area (Å²) in [5.41, 5.74) is 6.08. The molecule has 1 aromatic heterocycles. The van der Waals surface area contributed by atoms with Crippen LogP contribution >= 0.6 is 12.2 Å². The number of fused-ring (bicyclic) bond motifs is 1. The van der Waals surface area contributed by atoms with Crippen LogP contribution in [0.5, 0.6) is 0 Å². The van der Waals surface area contributed by atoms with Gasteiger partial charge in [-0.3, -0.25) is 0 Å². The molecule has 3 aromatic rings. The van der Waals surface area contributed by atoms with Crippen LogP contribution in [-0.2, 0) is 6.54 Å². The molecule has 0 amide bonds. The first-order valence-electron chi connectivity index (χ1n) is 11.0. The summed E-state index contributed by atoms with van der Waals surface area (Å²) in [6, 6.07) is 14.8. The molecule has 3 N–H and O–H groups in total. The molecule has 0 aliphatic carbocycles. The maximum absolute atomic E-state index is 5.89. The van der Waals surface area contributed by atoms with Crippen molar-refractivity contribution in [3.63, 3.8) is 0 Å². The number of H-pyrrole nitrogens is 1. The van der Waals surface area contributed by atoms with Crippen LogP contribution in [0.1, 0.15) is 37.0 Å². The highest BCUT2D eigenvalue weighted by atomic mass is 32.1. The van der Waals surface area contributed by atoms with Gasteiger partial charge in [-0.15, -0.1) is 0 Å². The predicted octanol–water partition coefficient (Wildman–Crippen LogP) is 4.30. The van der Waals surface area contributed by atoms with Crippen molar-refractivity contribution in [1.82, 2.24) is 9.88 Å². The number of hydrogen-bond acceptors (Lipinski definition) is 1. The van der Waals surface area contributed by atoms with E-state index in [1.807, 2.05) is 0 Å². The van der Waals surface area contributed by atoms with E-state index in [1.165, 1.54) is 47.2 Å². The first-order valence-corrected chi connectivity index (χ1v) is 11.4. The summed E-state index contributed by atoms with van der Waals surface area (Å²) in [5, 5.41) is 5.58. The molecular formula is C25H35N4S+. The molecule has 0 saturated heterocycles. The number of rotatable bonds is 9. The van der Waals surface area contributed by atoms with Gasteiger partial charge in [0.15, 0.2) is 5.11 Å². The van der Waals surface area contributed by atoms with Crippen molar-refractivity contribution < 1.29 is 4.90 Å². The summed E-state index contributed by atoms with van der Waals surface area (Å²) < 4.78 is 0. The zero-order valence-electron chi connectivity index (χ0n) is 18.7. The van der Waals surface area contributed by atoms with E-state index in [1.54, 1.807) is 4.90 Å². The standard InChI is InChI=1S/C25H34N4S/c1-5-28(6-2)15-10-16-29(18-21-17-26-24-13-8-7-12-22(21)24)25(30)27-23-14-9-11-19(3)20(23)4/h7-9,11-14,17,26H,5-6,10,15-16,18H2,1-4H3,(H,27,30)/p+1. The Morgan fingerprint density at radius 1 is 1.07 bits per heavy atom. The second-order valence-electron chi connectivity index (χ2n) is 8.02. The fourth-order valence-corrected chi connectivity index (χ4v) is 4.19. The molecule has 160 valence electrons. The third-order valence-electron chi connectivity index (χ3n) is 6.13. The van der Waals surface area contributed by atoms with E-state index < -0.39 is 0 Å².